The van der Waals surface area contributed by atoms with Gasteiger partial charge in [-0.3, -0.25) is 0 Å². The van der Waals surface area contributed by atoms with Crippen molar-refractivity contribution in [3.8, 4) is 0 Å². The van der Waals surface area contributed by atoms with E-state index in [1.54, 1.807) is 0 Å². The lowest BCUT2D eigenvalue weighted by Gasteiger charge is -2.23. The molecule has 1 heterocycles. The van der Waals surface area contributed by atoms with Gasteiger partial charge >= 0.3 is 5.97 Å². The quantitative estimate of drug-likeness (QED) is 0.603. The number of rotatable bonds is 4. The molecule has 0 spiro atoms. The van der Waals surface area contributed by atoms with Gasteiger partial charge in [0.1, 0.15) is 0 Å². The summed E-state index contributed by atoms with van der Waals surface area (Å²) in [7, 11) is 3.33. The number of carbonyl (C=O) groups is 1. The molecular weight excluding hydrogens is 196 g/mol. The maximum absolute atomic E-state index is 11.2. The van der Waals surface area contributed by atoms with E-state index in [0.717, 1.165) is 19.5 Å². The maximum Gasteiger partial charge on any atom is 0.338 e. The Morgan fingerprint density at radius 3 is 2.87 bits per heavy atom. The van der Waals surface area contributed by atoms with Gasteiger partial charge < -0.3 is 20.1 Å². The van der Waals surface area contributed by atoms with Gasteiger partial charge in [0, 0.05) is 19.1 Å². The molecule has 0 amide bonds. The molecule has 2 N–H and O–H groups in total. The lowest BCUT2D eigenvalue weighted by Crippen LogP contribution is -2.48. The van der Waals surface area contributed by atoms with E-state index in [2.05, 4.69) is 22.0 Å². The molecular formula is C10H20N2O3. The summed E-state index contributed by atoms with van der Waals surface area (Å²) in [6, 6.07) is 0.353. The van der Waals surface area contributed by atoms with Crippen molar-refractivity contribution in [2.75, 3.05) is 33.8 Å². The van der Waals surface area contributed by atoms with Crippen LogP contribution in [0, 0.1) is 0 Å². The van der Waals surface area contributed by atoms with Crippen molar-refractivity contribution in [3.05, 3.63) is 0 Å². The SMILES string of the molecule is COC(=O)C(C)(O)CNC1CCN(C)C1. The monoisotopic (exact) mass is 216 g/mol. The number of hydrogen-bond donors (Lipinski definition) is 2. The molecule has 0 aromatic carbocycles. The second-order valence-corrected chi connectivity index (χ2v) is 4.39. The van der Waals surface area contributed by atoms with Crippen molar-refractivity contribution in [1.82, 2.24) is 10.2 Å². The lowest BCUT2D eigenvalue weighted by atomic mass is 10.1. The van der Waals surface area contributed by atoms with Crippen molar-refractivity contribution in [2.45, 2.75) is 25.0 Å². The average molecular weight is 216 g/mol. The third-order valence-electron chi connectivity index (χ3n) is 2.75. The van der Waals surface area contributed by atoms with Gasteiger partial charge in [0.05, 0.1) is 7.11 Å². The molecule has 1 fully saturated rings. The molecule has 0 bridgehead atoms. The smallest absolute Gasteiger partial charge is 0.338 e. The first-order valence-electron chi connectivity index (χ1n) is 5.18. The highest BCUT2D eigenvalue weighted by atomic mass is 16.5. The second-order valence-electron chi connectivity index (χ2n) is 4.39. The summed E-state index contributed by atoms with van der Waals surface area (Å²) in [5.41, 5.74) is -1.43. The topological polar surface area (TPSA) is 61.8 Å². The minimum absolute atomic E-state index is 0.234. The summed E-state index contributed by atoms with van der Waals surface area (Å²) in [5, 5.41) is 12.9. The molecule has 0 radical (unpaired) electrons. The molecule has 2 atom stereocenters. The fraction of sp³-hybridized carbons (Fsp3) is 0.900. The minimum Gasteiger partial charge on any atom is -0.467 e. The minimum atomic E-state index is -1.43. The standard InChI is InChI=1S/C10H20N2O3/c1-10(14,9(13)15-3)7-11-8-4-5-12(2)6-8/h8,11,14H,4-7H2,1-3H3. The van der Waals surface area contributed by atoms with Crippen LogP contribution in [-0.4, -0.2) is 61.4 Å². The van der Waals surface area contributed by atoms with E-state index in [9.17, 15) is 9.90 Å². The number of nitrogens with one attached hydrogen (secondary N) is 1. The zero-order valence-corrected chi connectivity index (χ0v) is 9.62. The molecule has 1 aliphatic heterocycles. The van der Waals surface area contributed by atoms with Crippen LogP contribution in [0.5, 0.6) is 0 Å². The van der Waals surface area contributed by atoms with Gasteiger partial charge in [0.25, 0.3) is 0 Å². The zero-order valence-electron chi connectivity index (χ0n) is 9.62. The molecule has 5 heteroatoms. The van der Waals surface area contributed by atoms with Crippen LogP contribution in [0.4, 0.5) is 0 Å². The molecule has 0 aromatic rings. The predicted molar refractivity (Wildman–Crippen MR) is 56.5 cm³/mol. The van der Waals surface area contributed by atoms with Crippen LogP contribution in [0.15, 0.2) is 0 Å². The summed E-state index contributed by atoms with van der Waals surface area (Å²) >= 11 is 0. The normalized spacial score (nSPS) is 26.3. The number of hydrogen-bond acceptors (Lipinski definition) is 5. The third kappa shape index (κ3) is 3.44. The Morgan fingerprint density at radius 2 is 2.40 bits per heavy atom. The van der Waals surface area contributed by atoms with E-state index in [1.807, 2.05) is 0 Å². The summed E-state index contributed by atoms with van der Waals surface area (Å²) in [4.78, 5) is 13.4. The Balaban J connectivity index is 2.32. The summed E-state index contributed by atoms with van der Waals surface area (Å²) in [6.07, 6.45) is 1.05. The highest BCUT2D eigenvalue weighted by Gasteiger charge is 2.32. The molecule has 0 aromatic heterocycles. The average Bonchev–Trinajstić information content (AvgIpc) is 2.60. The van der Waals surface area contributed by atoms with Gasteiger partial charge in [-0.1, -0.05) is 0 Å². The van der Waals surface area contributed by atoms with E-state index in [-0.39, 0.29) is 6.54 Å². The molecule has 88 valence electrons. The van der Waals surface area contributed by atoms with E-state index >= 15 is 0 Å². The maximum atomic E-state index is 11.2. The first-order chi connectivity index (χ1) is 6.95. The molecule has 1 rings (SSSR count). The van der Waals surface area contributed by atoms with E-state index in [1.165, 1.54) is 14.0 Å². The number of likely N-dealkylation sites (tertiary alicyclic amines) is 1. The van der Waals surface area contributed by atoms with Crippen LogP contribution in [0.2, 0.25) is 0 Å². The Bertz CT molecular complexity index is 231. The Labute approximate surface area is 90.4 Å². The van der Waals surface area contributed by atoms with E-state index in [4.69, 9.17) is 0 Å². The predicted octanol–water partition coefficient (Wildman–Crippen LogP) is -0.796. The van der Waals surface area contributed by atoms with Crippen LogP contribution in [0.1, 0.15) is 13.3 Å². The van der Waals surface area contributed by atoms with Crippen molar-refractivity contribution in [2.24, 2.45) is 0 Å². The number of esters is 1. The lowest BCUT2D eigenvalue weighted by molar-refractivity contribution is -0.160. The largest absolute Gasteiger partial charge is 0.467 e. The molecule has 0 saturated carbocycles. The Hall–Kier alpha value is -0.650. The summed E-state index contributed by atoms with van der Waals surface area (Å²) in [5.74, 6) is -0.596. The van der Waals surface area contributed by atoms with Gasteiger partial charge in [-0.25, -0.2) is 4.79 Å². The van der Waals surface area contributed by atoms with Gasteiger partial charge in [0.15, 0.2) is 5.60 Å². The van der Waals surface area contributed by atoms with Gasteiger partial charge in [-0.2, -0.15) is 0 Å². The number of ether oxygens (including phenoxy) is 1. The van der Waals surface area contributed by atoms with Crippen molar-refractivity contribution < 1.29 is 14.6 Å². The number of nitrogens with zero attached hydrogens (tertiary/aromatic N) is 1. The number of likely N-dealkylation sites (N-methyl/N-ethyl adjacent to an activating group) is 1. The van der Waals surface area contributed by atoms with Crippen LogP contribution < -0.4 is 5.32 Å². The van der Waals surface area contributed by atoms with Crippen molar-refractivity contribution in [3.63, 3.8) is 0 Å². The molecule has 1 saturated heterocycles. The second kappa shape index (κ2) is 4.92. The summed E-state index contributed by atoms with van der Waals surface area (Å²) < 4.78 is 4.51. The van der Waals surface area contributed by atoms with Crippen LogP contribution in [0.3, 0.4) is 0 Å². The number of carbonyl (C=O) groups excluding carboxylic acids is 1. The highest BCUT2D eigenvalue weighted by Crippen LogP contribution is 2.09. The molecule has 0 aliphatic carbocycles. The Kier molecular flexibility index (Phi) is 4.07. The molecule has 2 unspecified atom stereocenters. The molecule has 1 aliphatic rings. The van der Waals surface area contributed by atoms with Crippen LogP contribution >= 0.6 is 0 Å². The summed E-state index contributed by atoms with van der Waals surface area (Å²) in [6.45, 7) is 3.71. The highest BCUT2D eigenvalue weighted by molar-refractivity contribution is 5.78. The van der Waals surface area contributed by atoms with Crippen LogP contribution in [0.25, 0.3) is 0 Å². The molecule has 15 heavy (non-hydrogen) atoms. The third-order valence-corrected chi connectivity index (χ3v) is 2.75. The van der Waals surface area contributed by atoms with Gasteiger partial charge in [-0.15, -0.1) is 0 Å². The van der Waals surface area contributed by atoms with Crippen molar-refractivity contribution >= 4 is 5.97 Å². The van der Waals surface area contributed by atoms with Gasteiger partial charge in [-0.05, 0) is 26.9 Å². The number of aliphatic hydroxyl groups is 1. The molecule has 5 nitrogen and oxygen atoms in total. The first-order valence-corrected chi connectivity index (χ1v) is 5.18. The fourth-order valence-electron chi connectivity index (χ4n) is 1.74. The fourth-order valence-corrected chi connectivity index (χ4v) is 1.74. The van der Waals surface area contributed by atoms with Crippen molar-refractivity contribution in [1.29, 1.82) is 0 Å². The van der Waals surface area contributed by atoms with Crippen LogP contribution in [-0.2, 0) is 9.53 Å². The van der Waals surface area contributed by atoms with Gasteiger partial charge in [0.2, 0.25) is 0 Å². The van der Waals surface area contributed by atoms with E-state index in [0.29, 0.717) is 6.04 Å². The first kappa shape index (κ1) is 12.4. The zero-order chi connectivity index (χ0) is 11.5. The number of methoxy groups -OCH3 is 1. The Morgan fingerprint density at radius 1 is 1.73 bits per heavy atom. The van der Waals surface area contributed by atoms with E-state index < -0.39 is 11.6 Å².